The lowest BCUT2D eigenvalue weighted by molar-refractivity contribution is 0.310. The first-order valence-corrected chi connectivity index (χ1v) is 5.17. The Balaban J connectivity index is 1.97. The van der Waals surface area contributed by atoms with Gasteiger partial charge in [0.25, 0.3) is 0 Å². The van der Waals surface area contributed by atoms with E-state index in [1.165, 1.54) is 5.56 Å². The highest BCUT2D eigenvalue weighted by molar-refractivity contribution is 5.84. The normalized spacial score (nSPS) is 11.5. The van der Waals surface area contributed by atoms with E-state index in [1.54, 1.807) is 0 Å². The Morgan fingerprint density at radius 3 is 2.76 bits per heavy atom. The van der Waals surface area contributed by atoms with E-state index in [0.717, 1.165) is 12.1 Å². The Morgan fingerprint density at radius 1 is 1.35 bits per heavy atom. The fraction of sp³-hybridized carbons (Fsp3) is 0.182. The molecule has 0 aliphatic heterocycles. The SMILES string of the molecule is C/C(Cc1ccccc1)=N\Nc1nonc1N. The van der Waals surface area contributed by atoms with Crippen LogP contribution in [0.15, 0.2) is 40.1 Å². The van der Waals surface area contributed by atoms with E-state index in [1.807, 2.05) is 37.3 Å². The summed E-state index contributed by atoms with van der Waals surface area (Å²) in [5.74, 6) is 0.527. The van der Waals surface area contributed by atoms with Gasteiger partial charge in [-0.15, -0.1) is 0 Å². The molecule has 0 saturated heterocycles. The molecule has 0 fully saturated rings. The number of nitrogens with zero attached hydrogens (tertiary/aromatic N) is 3. The van der Waals surface area contributed by atoms with Crippen molar-refractivity contribution >= 4 is 17.3 Å². The number of nitrogen functional groups attached to an aromatic ring is 1. The number of hydrogen-bond donors (Lipinski definition) is 2. The number of hydrogen-bond acceptors (Lipinski definition) is 6. The minimum atomic E-state index is 0.196. The maximum Gasteiger partial charge on any atom is 0.235 e. The molecule has 1 aromatic heterocycles. The molecule has 3 N–H and O–H groups in total. The van der Waals surface area contributed by atoms with Crippen molar-refractivity contribution in [2.75, 3.05) is 11.2 Å². The van der Waals surface area contributed by atoms with Crippen molar-refractivity contribution in [2.45, 2.75) is 13.3 Å². The second-order valence-corrected chi connectivity index (χ2v) is 3.62. The Hall–Kier alpha value is -2.37. The van der Waals surface area contributed by atoms with Crippen molar-refractivity contribution in [1.82, 2.24) is 10.3 Å². The zero-order valence-corrected chi connectivity index (χ0v) is 9.42. The van der Waals surface area contributed by atoms with Gasteiger partial charge in [-0.3, -0.25) is 5.43 Å². The largest absolute Gasteiger partial charge is 0.378 e. The molecule has 6 heteroatoms. The van der Waals surface area contributed by atoms with Crippen molar-refractivity contribution in [3.8, 4) is 0 Å². The molecule has 0 unspecified atom stereocenters. The summed E-state index contributed by atoms with van der Waals surface area (Å²) in [6.07, 6.45) is 0.763. The van der Waals surface area contributed by atoms with Crippen LogP contribution in [0.2, 0.25) is 0 Å². The van der Waals surface area contributed by atoms with E-state index < -0.39 is 0 Å². The van der Waals surface area contributed by atoms with E-state index >= 15 is 0 Å². The molecule has 0 aliphatic rings. The van der Waals surface area contributed by atoms with Crippen molar-refractivity contribution in [1.29, 1.82) is 0 Å². The van der Waals surface area contributed by atoms with Gasteiger partial charge in [0.15, 0.2) is 0 Å². The van der Waals surface area contributed by atoms with E-state index in [-0.39, 0.29) is 5.82 Å². The third-order valence-electron chi connectivity index (χ3n) is 2.17. The average Bonchev–Trinajstić information content (AvgIpc) is 2.74. The maximum absolute atomic E-state index is 5.48. The van der Waals surface area contributed by atoms with Crippen LogP contribution in [-0.4, -0.2) is 16.0 Å². The van der Waals surface area contributed by atoms with E-state index in [0.29, 0.717) is 5.82 Å². The molecule has 17 heavy (non-hydrogen) atoms. The van der Waals surface area contributed by atoms with E-state index in [2.05, 4.69) is 25.5 Å². The highest BCUT2D eigenvalue weighted by Gasteiger charge is 2.03. The quantitative estimate of drug-likeness (QED) is 0.617. The van der Waals surface area contributed by atoms with Crippen LogP contribution in [0.3, 0.4) is 0 Å². The Bertz CT molecular complexity index is 506. The minimum Gasteiger partial charge on any atom is -0.378 e. The summed E-state index contributed by atoms with van der Waals surface area (Å²) in [6.45, 7) is 1.92. The van der Waals surface area contributed by atoms with Gasteiger partial charge in [0.2, 0.25) is 11.6 Å². The predicted molar refractivity (Wildman–Crippen MR) is 65.6 cm³/mol. The average molecular weight is 231 g/mol. The third-order valence-corrected chi connectivity index (χ3v) is 2.17. The minimum absolute atomic E-state index is 0.196. The van der Waals surface area contributed by atoms with Crippen molar-refractivity contribution in [3.05, 3.63) is 35.9 Å². The fourth-order valence-corrected chi connectivity index (χ4v) is 1.35. The molecular weight excluding hydrogens is 218 g/mol. The molecule has 2 aromatic rings. The zero-order chi connectivity index (χ0) is 12.1. The van der Waals surface area contributed by atoms with Gasteiger partial charge in [0.05, 0.1) is 0 Å². The first-order chi connectivity index (χ1) is 8.25. The molecule has 6 nitrogen and oxygen atoms in total. The summed E-state index contributed by atoms with van der Waals surface area (Å²) >= 11 is 0. The number of rotatable bonds is 4. The number of aromatic nitrogens is 2. The smallest absolute Gasteiger partial charge is 0.235 e. The predicted octanol–water partition coefficient (Wildman–Crippen LogP) is 1.68. The number of nitrogens with two attached hydrogens (primary N) is 1. The summed E-state index contributed by atoms with van der Waals surface area (Å²) in [5.41, 5.74) is 10.3. The molecule has 1 heterocycles. The van der Waals surface area contributed by atoms with Crippen LogP contribution >= 0.6 is 0 Å². The molecular formula is C11H13N5O. The number of anilines is 2. The van der Waals surface area contributed by atoms with Crippen LogP contribution in [0.4, 0.5) is 11.6 Å². The van der Waals surface area contributed by atoms with Gasteiger partial charge in [0, 0.05) is 12.1 Å². The van der Waals surface area contributed by atoms with Crippen molar-refractivity contribution in [2.24, 2.45) is 5.10 Å². The van der Waals surface area contributed by atoms with Gasteiger partial charge in [-0.05, 0) is 22.8 Å². The fourth-order valence-electron chi connectivity index (χ4n) is 1.35. The Kier molecular flexibility index (Phi) is 3.34. The van der Waals surface area contributed by atoms with Gasteiger partial charge < -0.3 is 5.73 Å². The lowest BCUT2D eigenvalue weighted by Gasteiger charge is -2.01. The van der Waals surface area contributed by atoms with E-state index in [4.69, 9.17) is 5.73 Å². The molecule has 0 atom stereocenters. The summed E-state index contributed by atoms with van der Waals surface area (Å²) in [7, 11) is 0. The van der Waals surface area contributed by atoms with Crippen LogP contribution in [0.25, 0.3) is 0 Å². The lowest BCUT2D eigenvalue weighted by Crippen LogP contribution is -2.03. The van der Waals surface area contributed by atoms with E-state index in [9.17, 15) is 0 Å². The Labute approximate surface area is 98.5 Å². The molecule has 0 radical (unpaired) electrons. The summed E-state index contributed by atoms with van der Waals surface area (Å²) in [4.78, 5) is 0. The van der Waals surface area contributed by atoms with Gasteiger partial charge in [0.1, 0.15) is 0 Å². The van der Waals surface area contributed by atoms with Crippen LogP contribution in [0.5, 0.6) is 0 Å². The van der Waals surface area contributed by atoms with Crippen LogP contribution < -0.4 is 11.2 Å². The van der Waals surface area contributed by atoms with Gasteiger partial charge >= 0.3 is 0 Å². The molecule has 0 saturated carbocycles. The summed E-state index contributed by atoms with van der Waals surface area (Å²) in [6, 6.07) is 10.1. The molecule has 0 amide bonds. The zero-order valence-electron chi connectivity index (χ0n) is 9.42. The standard InChI is InChI=1S/C11H13N5O/c1-8(7-9-5-3-2-4-6-9)13-14-11-10(12)15-17-16-11/h2-6H,7H2,1H3,(H2,12,15)(H,14,16)/b13-8+. The highest BCUT2D eigenvalue weighted by Crippen LogP contribution is 2.10. The van der Waals surface area contributed by atoms with Gasteiger partial charge in [-0.1, -0.05) is 30.3 Å². The molecule has 2 rings (SSSR count). The lowest BCUT2D eigenvalue weighted by atomic mass is 10.1. The van der Waals surface area contributed by atoms with Crippen LogP contribution in [0.1, 0.15) is 12.5 Å². The summed E-state index contributed by atoms with van der Waals surface area (Å²) in [5, 5.41) is 11.2. The molecule has 0 spiro atoms. The first-order valence-electron chi connectivity index (χ1n) is 5.17. The maximum atomic E-state index is 5.48. The molecule has 88 valence electrons. The first kappa shape index (κ1) is 11.1. The highest BCUT2D eigenvalue weighted by atomic mass is 16.6. The topological polar surface area (TPSA) is 89.3 Å². The number of nitrogens with one attached hydrogen (secondary N) is 1. The number of hydrazone groups is 1. The third kappa shape index (κ3) is 3.04. The van der Waals surface area contributed by atoms with Gasteiger partial charge in [-0.25, -0.2) is 4.63 Å². The molecule has 0 bridgehead atoms. The van der Waals surface area contributed by atoms with Gasteiger partial charge in [-0.2, -0.15) is 5.10 Å². The Morgan fingerprint density at radius 2 is 2.12 bits per heavy atom. The monoisotopic (exact) mass is 231 g/mol. The molecule has 0 aliphatic carbocycles. The van der Waals surface area contributed by atoms with Crippen LogP contribution in [-0.2, 0) is 6.42 Å². The number of benzene rings is 1. The van der Waals surface area contributed by atoms with Crippen molar-refractivity contribution < 1.29 is 4.63 Å². The summed E-state index contributed by atoms with van der Waals surface area (Å²) < 4.78 is 4.44. The second-order valence-electron chi connectivity index (χ2n) is 3.62. The molecule has 1 aromatic carbocycles. The van der Waals surface area contributed by atoms with Crippen molar-refractivity contribution in [3.63, 3.8) is 0 Å². The van der Waals surface area contributed by atoms with Crippen LogP contribution in [0, 0.1) is 0 Å². The second kappa shape index (κ2) is 5.11.